The Kier molecular flexibility index (Phi) is 3.42. The first-order valence-corrected chi connectivity index (χ1v) is 6.70. The van der Waals surface area contributed by atoms with E-state index in [-0.39, 0.29) is 0 Å². The van der Waals surface area contributed by atoms with Gasteiger partial charge in [0.2, 0.25) is 0 Å². The van der Waals surface area contributed by atoms with Crippen LogP contribution in [0.2, 0.25) is 0 Å². The van der Waals surface area contributed by atoms with Gasteiger partial charge >= 0.3 is 0 Å². The Bertz CT molecular complexity index is 543. The fraction of sp³-hybridized carbons (Fsp3) is 0.333. The number of aromatic nitrogens is 2. The summed E-state index contributed by atoms with van der Waals surface area (Å²) in [5.74, 6) is 0.964. The van der Waals surface area contributed by atoms with Crippen LogP contribution in [-0.4, -0.2) is 16.5 Å². The first-order valence-electron chi connectivity index (χ1n) is 6.70. The van der Waals surface area contributed by atoms with Crippen LogP contribution >= 0.6 is 0 Å². The molecule has 0 saturated carbocycles. The van der Waals surface area contributed by atoms with E-state index in [0.717, 1.165) is 37.7 Å². The summed E-state index contributed by atoms with van der Waals surface area (Å²) in [6, 6.07) is 8.56. The molecule has 2 heterocycles. The average Bonchev–Trinajstić information content (AvgIpc) is 2.89. The fourth-order valence-electron chi connectivity index (χ4n) is 2.38. The molecule has 0 radical (unpaired) electrons. The van der Waals surface area contributed by atoms with E-state index in [1.165, 1.54) is 11.1 Å². The molecule has 4 nitrogen and oxygen atoms in total. The number of nitrogens with one attached hydrogen (secondary N) is 1. The maximum absolute atomic E-state index is 4.68. The number of benzene rings is 1. The molecule has 0 atom stereocenters. The van der Waals surface area contributed by atoms with Crippen molar-refractivity contribution < 1.29 is 0 Å². The molecule has 0 bridgehead atoms. The van der Waals surface area contributed by atoms with Gasteiger partial charge in [-0.1, -0.05) is 31.2 Å². The van der Waals surface area contributed by atoms with E-state index < -0.39 is 0 Å². The van der Waals surface area contributed by atoms with Gasteiger partial charge in [0.25, 0.3) is 0 Å². The lowest BCUT2D eigenvalue weighted by atomic mass is 10.1. The van der Waals surface area contributed by atoms with Crippen molar-refractivity contribution in [2.24, 2.45) is 0 Å². The Balaban J connectivity index is 1.77. The van der Waals surface area contributed by atoms with Gasteiger partial charge in [-0.05, 0) is 17.7 Å². The highest BCUT2D eigenvalue weighted by atomic mass is 15.2. The standard InChI is InChI=1S/C15H18N4/c1-2-16-7-14-8-17-9-15(18-14)19-10-12-5-3-4-6-13(12)11-19/h3-6,8-9,16H,2,7,10-11H2,1H3. The Morgan fingerprint density at radius 2 is 1.89 bits per heavy atom. The van der Waals surface area contributed by atoms with E-state index in [0.29, 0.717) is 0 Å². The number of hydrogen-bond donors (Lipinski definition) is 1. The summed E-state index contributed by atoms with van der Waals surface area (Å²) in [4.78, 5) is 11.2. The summed E-state index contributed by atoms with van der Waals surface area (Å²) >= 11 is 0. The maximum Gasteiger partial charge on any atom is 0.148 e. The van der Waals surface area contributed by atoms with Gasteiger partial charge in [-0.2, -0.15) is 0 Å². The molecule has 0 saturated heterocycles. The van der Waals surface area contributed by atoms with Crippen molar-refractivity contribution in [2.45, 2.75) is 26.6 Å². The Morgan fingerprint density at radius 3 is 2.58 bits per heavy atom. The second-order valence-corrected chi connectivity index (χ2v) is 4.77. The van der Waals surface area contributed by atoms with E-state index in [9.17, 15) is 0 Å². The van der Waals surface area contributed by atoms with Crippen molar-refractivity contribution in [3.63, 3.8) is 0 Å². The third-order valence-corrected chi connectivity index (χ3v) is 3.39. The lowest BCUT2D eigenvalue weighted by Gasteiger charge is -2.16. The second-order valence-electron chi connectivity index (χ2n) is 4.77. The van der Waals surface area contributed by atoms with Crippen LogP contribution < -0.4 is 10.2 Å². The molecule has 2 aromatic rings. The molecule has 1 aromatic heterocycles. The van der Waals surface area contributed by atoms with Crippen LogP contribution in [0.5, 0.6) is 0 Å². The van der Waals surface area contributed by atoms with Crippen molar-refractivity contribution in [3.8, 4) is 0 Å². The smallest absolute Gasteiger partial charge is 0.148 e. The molecule has 0 fully saturated rings. The quantitative estimate of drug-likeness (QED) is 0.907. The highest BCUT2D eigenvalue weighted by Crippen LogP contribution is 2.26. The molecular weight excluding hydrogens is 236 g/mol. The third kappa shape index (κ3) is 2.58. The van der Waals surface area contributed by atoms with Gasteiger partial charge in [0.1, 0.15) is 5.82 Å². The molecule has 19 heavy (non-hydrogen) atoms. The zero-order valence-electron chi connectivity index (χ0n) is 11.1. The predicted octanol–water partition coefficient (Wildman–Crippen LogP) is 2.11. The van der Waals surface area contributed by atoms with Crippen LogP contribution in [0, 0.1) is 0 Å². The molecule has 3 rings (SSSR count). The maximum atomic E-state index is 4.68. The minimum absolute atomic E-state index is 0.776. The number of fused-ring (bicyclic) bond motifs is 1. The minimum atomic E-state index is 0.776. The monoisotopic (exact) mass is 254 g/mol. The summed E-state index contributed by atoms with van der Waals surface area (Å²) in [5, 5.41) is 3.28. The van der Waals surface area contributed by atoms with Crippen LogP contribution in [0.15, 0.2) is 36.7 Å². The lowest BCUT2D eigenvalue weighted by Crippen LogP contribution is -2.19. The molecule has 4 heteroatoms. The van der Waals surface area contributed by atoms with E-state index in [1.807, 2.05) is 12.4 Å². The van der Waals surface area contributed by atoms with Gasteiger partial charge in [-0.25, -0.2) is 4.98 Å². The van der Waals surface area contributed by atoms with Crippen molar-refractivity contribution in [2.75, 3.05) is 11.4 Å². The second kappa shape index (κ2) is 5.36. The molecule has 1 aliphatic heterocycles. The predicted molar refractivity (Wildman–Crippen MR) is 75.7 cm³/mol. The zero-order chi connectivity index (χ0) is 13.1. The molecule has 98 valence electrons. The molecular formula is C15H18N4. The fourth-order valence-corrected chi connectivity index (χ4v) is 2.38. The van der Waals surface area contributed by atoms with E-state index in [1.54, 1.807) is 0 Å². The highest BCUT2D eigenvalue weighted by molar-refractivity contribution is 5.46. The Morgan fingerprint density at radius 1 is 1.16 bits per heavy atom. The largest absolute Gasteiger partial charge is 0.347 e. The van der Waals surface area contributed by atoms with Crippen molar-refractivity contribution in [3.05, 3.63) is 53.5 Å². The minimum Gasteiger partial charge on any atom is -0.347 e. The summed E-state index contributed by atoms with van der Waals surface area (Å²) < 4.78 is 0. The lowest BCUT2D eigenvalue weighted by molar-refractivity contribution is 0.703. The Hall–Kier alpha value is -1.94. The first kappa shape index (κ1) is 12.1. The SMILES string of the molecule is CCNCc1cncc(N2Cc3ccccc3C2)n1. The van der Waals surface area contributed by atoms with Gasteiger partial charge in [0.15, 0.2) is 0 Å². The Labute approximate surface area is 113 Å². The summed E-state index contributed by atoms with van der Waals surface area (Å²) in [6.07, 6.45) is 3.68. The van der Waals surface area contributed by atoms with Crippen molar-refractivity contribution in [1.29, 1.82) is 0 Å². The van der Waals surface area contributed by atoms with Gasteiger partial charge in [-0.15, -0.1) is 0 Å². The highest BCUT2D eigenvalue weighted by Gasteiger charge is 2.19. The number of anilines is 1. The molecule has 0 aliphatic carbocycles. The van der Waals surface area contributed by atoms with Crippen LogP contribution in [-0.2, 0) is 19.6 Å². The topological polar surface area (TPSA) is 41.1 Å². The zero-order valence-corrected chi connectivity index (χ0v) is 11.1. The summed E-state index contributed by atoms with van der Waals surface area (Å²) in [5.41, 5.74) is 3.78. The number of rotatable bonds is 4. The third-order valence-electron chi connectivity index (χ3n) is 3.39. The van der Waals surface area contributed by atoms with Crippen molar-refractivity contribution >= 4 is 5.82 Å². The number of hydrogen-bond acceptors (Lipinski definition) is 4. The van der Waals surface area contributed by atoms with Crippen LogP contribution in [0.1, 0.15) is 23.7 Å². The van der Waals surface area contributed by atoms with Crippen molar-refractivity contribution in [1.82, 2.24) is 15.3 Å². The summed E-state index contributed by atoms with van der Waals surface area (Å²) in [6.45, 7) is 5.67. The summed E-state index contributed by atoms with van der Waals surface area (Å²) in [7, 11) is 0. The average molecular weight is 254 g/mol. The molecule has 1 aliphatic rings. The van der Waals surface area contributed by atoms with Crippen LogP contribution in [0.25, 0.3) is 0 Å². The molecule has 0 unspecified atom stereocenters. The van der Waals surface area contributed by atoms with Crippen LogP contribution in [0.4, 0.5) is 5.82 Å². The van der Waals surface area contributed by atoms with E-state index in [2.05, 4.69) is 51.4 Å². The van der Waals surface area contributed by atoms with Gasteiger partial charge in [0, 0.05) is 25.8 Å². The first-order chi connectivity index (χ1) is 9.36. The molecule has 1 aromatic carbocycles. The normalized spacial score (nSPS) is 13.6. The van der Waals surface area contributed by atoms with Gasteiger partial charge in [0.05, 0.1) is 11.9 Å². The van der Waals surface area contributed by atoms with E-state index in [4.69, 9.17) is 0 Å². The molecule has 0 amide bonds. The van der Waals surface area contributed by atoms with Crippen LogP contribution in [0.3, 0.4) is 0 Å². The van der Waals surface area contributed by atoms with Gasteiger partial charge in [-0.3, -0.25) is 4.98 Å². The van der Waals surface area contributed by atoms with E-state index >= 15 is 0 Å². The van der Waals surface area contributed by atoms with Gasteiger partial charge < -0.3 is 10.2 Å². The molecule has 1 N–H and O–H groups in total. The number of nitrogens with zero attached hydrogens (tertiary/aromatic N) is 3. The molecule has 0 spiro atoms.